The molecule has 0 aromatic heterocycles. The molecule has 1 aromatic rings. The molecule has 0 N–H and O–H groups in total. The molecule has 3 atom stereocenters. The maximum Gasteiger partial charge on any atom is 0.510 e. The van der Waals surface area contributed by atoms with Crippen molar-refractivity contribution in [2.75, 3.05) is 27.7 Å². The van der Waals surface area contributed by atoms with Gasteiger partial charge in [-0.05, 0) is 75.2 Å². The molecule has 0 spiro atoms. The number of carbonyl (C=O) groups excluding carboxylic acids is 1. The van der Waals surface area contributed by atoms with E-state index in [0.717, 1.165) is 24.4 Å². The van der Waals surface area contributed by atoms with Crippen LogP contribution in [0.2, 0.25) is 5.02 Å². The molecule has 3 unspecified atom stereocenters. The van der Waals surface area contributed by atoms with Crippen molar-refractivity contribution in [1.82, 2.24) is 9.80 Å². The Kier molecular flexibility index (Phi) is 9.88. The number of benzene rings is 1. The highest BCUT2D eigenvalue weighted by Crippen LogP contribution is 2.44. The summed E-state index contributed by atoms with van der Waals surface area (Å²) >= 11 is 6.14. The SMILES string of the molecule is CCCN1C=NC(CC(C)C)(OC(=O)OC)C1CC1CCC(C(c2ccc(Cl)cc2)N(C)C)CC1. The second-order valence-corrected chi connectivity index (χ2v) is 11.4. The molecule has 3 rings (SSSR count). The lowest BCUT2D eigenvalue weighted by molar-refractivity contribution is -0.0679. The molecule has 1 fully saturated rings. The molecule has 35 heavy (non-hydrogen) atoms. The summed E-state index contributed by atoms with van der Waals surface area (Å²) in [5.74, 6) is 1.54. The van der Waals surface area contributed by atoms with Gasteiger partial charge >= 0.3 is 6.16 Å². The van der Waals surface area contributed by atoms with Crippen molar-refractivity contribution in [1.29, 1.82) is 0 Å². The van der Waals surface area contributed by atoms with Gasteiger partial charge in [0.1, 0.15) is 0 Å². The Hall–Kier alpha value is -1.79. The third-order valence-electron chi connectivity index (χ3n) is 7.62. The number of aliphatic imine (C=N–C) groups is 1. The fourth-order valence-corrected chi connectivity index (χ4v) is 6.32. The van der Waals surface area contributed by atoms with E-state index in [4.69, 9.17) is 26.1 Å². The van der Waals surface area contributed by atoms with Crippen LogP contribution in [-0.2, 0) is 9.47 Å². The van der Waals surface area contributed by atoms with Gasteiger partial charge in [0.25, 0.3) is 0 Å². The van der Waals surface area contributed by atoms with E-state index in [-0.39, 0.29) is 6.04 Å². The van der Waals surface area contributed by atoms with Gasteiger partial charge in [0.05, 0.1) is 19.5 Å². The van der Waals surface area contributed by atoms with Crippen LogP contribution in [0.25, 0.3) is 0 Å². The zero-order valence-corrected chi connectivity index (χ0v) is 23.1. The summed E-state index contributed by atoms with van der Waals surface area (Å²) < 4.78 is 10.8. The van der Waals surface area contributed by atoms with Crippen molar-refractivity contribution in [3.05, 3.63) is 34.9 Å². The first-order valence-electron chi connectivity index (χ1n) is 13.2. The molecule has 0 bridgehead atoms. The van der Waals surface area contributed by atoms with E-state index in [9.17, 15) is 4.79 Å². The Bertz CT molecular complexity index is 836. The summed E-state index contributed by atoms with van der Waals surface area (Å²) in [7, 11) is 5.72. The van der Waals surface area contributed by atoms with E-state index >= 15 is 0 Å². The van der Waals surface area contributed by atoms with Gasteiger partial charge < -0.3 is 19.3 Å². The Morgan fingerprint density at radius 3 is 2.40 bits per heavy atom. The van der Waals surface area contributed by atoms with Crippen LogP contribution in [0, 0.1) is 17.8 Å². The van der Waals surface area contributed by atoms with E-state index in [2.05, 4.69) is 56.8 Å². The summed E-state index contributed by atoms with van der Waals surface area (Å²) in [5, 5.41) is 0.782. The van der Waals surface area contributed by atoms with Gasteiger partial charge in [0, 0.05) is 24.0 Å². The number of hydrogen-bond acceptors (Lipinski definition) is 6. The first-order valence-corrected chi connectivity index (χ1v) is 13.6. The first kappa shape index (κ1) is 27.8. The maximum atomic E-state index is 12.2. The molecule has 0 radical (unpaired) electrons. The highest BCUT2D eigenvalue weighted by atomic mass is 35.5. The number of halogens is 1. The molecule has 1 aliphatic carbocycles. The minimum atomic E-state index is -0.872. The second-order valence-electron chi connectivity index (χ2n) is 11.0. The minimum Gasteiger partial charge on any atom is -0.438 e. The molecule has 1 saturated carbocycles. The van der Waals surface area contributed by atoms with Crippen molar-refractivity contribution < 1.29 is 14.3 Å². The quantitative estimate of drug-likeness (QED) is 0.328. The lowest BCUT2D eigenvalue weighted by atomic mass is 9.73. The normalized spacial score (nSPS) is 27.5. The second kappa shape index (κ2) is 12.4. The van der Waals surface area contributed by atoms with Gasteiger partial charge in [0.15, 0.2) is 0 Å². The summed E-state index contributed by atoms with van der Waals surface area (Å²) in [6.45, 7) is 7.40. The Labute approximate surface area is 217 Å². The van der Waals surface area contributed by atoms with Crippen LogP contribution in [0.4, 0.5) is 4.79 Å². The lowest BCUT2D eigenvalue weighted by Gasteiger charge is -2.41. The largest absolute Gasteiger partial charge is 0.510 e. The van der Waals surface area contributed by atoms with Crippen LogP contribution in [0.1, 0.15) is 77.3 Å². The third kappa shape index (κ3) is 6.91. The molecule has 7 heteroatoms. The van der Waals surface area contributed by atoms with Crippen molar-refractivity contribution in [2.45, 2.75) is 83.5 Å². The summed E-state index contributed by atoms with van der Waals surface area (Å²) in [4.78, 5) is 21.7. The smallest absolute Gasteiger partial charge is 0.438 e. The summed E-state index contributed by atoms with van der Waals surface area (Å²) in [6, 6.07) is 8.77. The topological polar surface area (TPSA) is 54.4 Å². The van der Waals surface area contributed by atoms with Crippen molar-refractivity contribution >= 4 is 24.1 Å². The highest BCUT2D eigenvalue weighted by Gasteiger charge is 2.50. The molecule has 196 valence electrons. The number of carbonyl (C=O) groups is 1. The van der Waals surface area contributed by atoms with E-state index < -0.39 is 11.9 Å². The number of ether oxygens (including phenoxy) is 2. The molecule has 1 aliphatic heterocycles. The Morgan fingerprint density at radius 2 is 1.86 bits per heavy atom. The average molecular weight is 506 g/mol. The fourth-order valence-electron chi connectivity index (χ4n) is 6.19. The van der Waals surface area contributed by atoms with Crippen molar-refractivity contribution in [3.63, 3.8) is 0 Å². The van der Waals surface area contributed by atoms with Crippen LogP contribution in [0.3, 0.4) is 0 Å². The molecular formula is C28H44ClN3O3. The molecule has 2 aliphatic rings. The van der Waals surface area contributed by atoms with Crippen LogP contribution in [0.5, 0.6) is 0 Å². The van der Waals surface area contributed by atoms with Gasteiger partial charge in [-0.1, -0.05) is 57.3 Å². The molecule has 6 nitrogen and oxygen atoms in total. The van der Waals surface area contributed by atoms with Gasteiger partial charge in [-0.2, -0.15) is 0 Å². The lowest BCUT2D eigenvalue weighted by Crippen LogP contribution is -2.50. The predicted molar refractivity (Wildman–Crippen MR) is 143 cm³/mol. The van der Waals surface area contributed by atoms with E-state index in [1.165, 1.54) is 38.4 Å². The third-order valence-corrected chi connectivity index (χ3v) is 7.87. The minimum absolute atomic E-state index is 0.0476. The average Bonchev–Trinajstić information content (AvgIpc) is 3.12. The van der Waals surface area contributed by atoms with E-state index in [1.807, 2.05) is 18.5 Å². The molecule has 1 aromatic carbocycles. The maximum absolute atomic E-state index is 12.2. The molecule has 0 amide bonds. The summed E-state index contributed by atoms with van der Waals surface area (Å²) in [6.07, 6.45) is 8.68. The molecule has 0 saturated heterocycles. The zero-order chi connectivity index (χ0) is 25.6. The monoisotopic (exact) mass is 505 g/mol. The Morgan fingerprint density at radius 1 is 1.20 bits per heavy atom. The molecule has 1 heterocycles. The van der Waals surface area contributed by atoms with Gasteiger partial charge in [0.2, 0.25) is 5.72 Å². The Balaban J connectivity index is 1.72. The zero-order valence-electron chi connectivity index (χ0n) is 22.4. The summed E-state index contributed by atoms with van der Waals surface area (Å²) in [5.41, 5.74) is 0.464. The van der Waals surface area contributed by atoms with Gasteiger partial charge in [-0.15, -0.1) is 0 Å². The van der Waals surface area contributed by atoms with E-state index in [0.29, 0.717) is 30.2 Å². The predicted octanol–water partition coefficient (Wildman–Crippen LogP) is 6.79. The fraction of sp³-hybridized carbons (Fsp3) is 0.714. The standard InChI is InChI=1S/C28H44ClN3O3/c1-7-16-32-19-30-28(18-20(2)3,35-27(33)34-6)25(32)17-21-8-10-22(11-9-21)26(31(4)5)23-12-14-24(29)15-13-23/h12-15,19-22,25-26H,7-11,16-18H2,1-6H3. The van der Waals surface area contributed by atoms with Crippen LogP contribution < -0.4 is 0 Å². The van der Waals surface area contributed by atoms with Gasteiger partial charge in [-0.25, -0.2) is 9.79 Å². The molecular weight excluding hydrogens is 462 g/mol. The number of methoxy groups -OCH3 is 1. The number of rotatable bonds is 10. The van der Waals surface area contributed by atoms with Crippen LogP contribution >= 0.6 is 11.6 Å². The van der Waals surface area contributed by atoms with Crippen molar-refractivity contribution in [3.8, 4) is 0 Å². The number of hydrogen-bond donors (Lipinski definition) is 0. The van der Waals surface area contributed by atoms with Crippen LogP contribution in [0.15, 0.2) is 29.3 Å². The highest BCUT2D eigenvalue weighted by molar-refractivity contribution is 6.30. The van der Waals surface area contributed by atoms with E-state index in [1.54, 1.807) is 0 Å². The van der Waals surface area contributed by atoms with Gasteiger partial charge in [-0.3, -0.25) is 0 Å². The number of nitrogens with zero attached hydrogens (tertiary/aromatic N) is 3. The first-order chi connectivity index (χ1) is 16.7. The van der Waals surface area contributed by atoms with Crippen LogP contribution in [-0.4, -0.2) is 61.8 Å². The van der Waals surface area contributed by atoms with Crippen molar-refractivity contribution in [2.24, 2.45) is 22.7 Å².